The van der Waals surface area contributed by atoms with Crippen LogP contribution in [0, 0.1) is 11.3 Å². The van der Waals surface area contributed by atoms with Crippen molar-refractivity contribution < 1.29 is 0 Å². The molecule has 0 fully saturated rings. The third-order valence-corrected chi connectivity index (χ3v) is 0.461. The summed E-state index contributed by atoms with van der Waals surface area (Å²) in [4.78, 5) is 3.37. The van der Waals surface area contributed by atoms with Crippen molar-refractivity contribution in [1.82, 2.24) is 0 Å². The summed E-state index contributed by atoms with van der Waals surface area (Å²) in [6, 6.07) is 1.89. The molecule has 2 heteroatoms. The molecule has 0 saturated carbocycles. The highest BCUT2D eigenvalue weighted by molar-refractivity contribution is 5.28. The molecule has 0 unspecified atom stereocenters. The van der Waals surface area contributed by atoms with Crippen molar-refractivity contribution in [2.24, 2.45) is 4.99 Å². The molecule has 0 radical (unpaired) electrons. The maximum atomic E-state index is 8.06. The van der Waals surface area contributed by atoms with Crippen LogP contribution in [0.4, 0.5) is 0 Å². The van der Waals surface area contributed by atoms with Gasteiger partial charge in [0, 0.05) is 11.8 Å². The smallest absolute Gasteiger partial charge is 0.0960 e. The van der Waals surface area contributed by atoms with Crippen LogP contribution < -0.4 is 0 Å². The van der Waals surface area contributed by atoms with Gasteiger partial charge in [0.25, 0.3) is 0 Å². The van der Waals surface area contributed by atoms with Crippen LogP contribution in [0.15, 0.2) is 16.8 Å². The van der Waals surface area contributed by atoms with Gasteiger partial charge in [-0.15, -0.1) is 0 Å². The molecule has 0 aromatic heterocycles. The molecule has 0 aromatic carbocycles. The van der Waals surface area contributed by atoms with Crippen LogP contribution >= 0.6 is 0 Å². The fourth-order valence-corrected chi connectivity index (χ4v) is 0.166. The lowest BCUT2D eigenvalue weighted by molar-refractivity contribution is 1.40. The van der Waals surface area contributed by atoms with E-state index in [-0.39, 0.29) is 0 Å². The Morgan fingerprint density at radius 1 is 2.00 bits per heavy atom. The van der Waals surface area contributed by atoms with Gasteiger partial charge < -0.3 is 0 Å². The largest absolute Gasteiger partial charge is 0.271 e. The molecule has 7 heavy (non-hydrogen) atoms. The minimum absolute atomic E-state index is 0.579. The van der Waals surface area contributed by atoms with Gasteiger partial charge in [0.15, 0.2) is 0 Å². The van der Waals surface area contributed by atoms with E-state index in [0.29, 0.717) is 5.57 Å². The van der Waals surface area contributed by atoms with Crippen LogP contribution in [0.25, 0.3) is 0 Å². The number of nitrogens with zero attached hydrogens (tertiary/aromatic N) is 2. The standard InChI is InChI=1S/C5H6N2/c1-5(3-6)4-7-2/h4H,2H2,1H3. The first-order chi connectivity index (χ1) is 3.31. The van der Waals surface area contributed by atoms with Gasteiger partial charge in [-0.25, -0.2) is 0 Å². The van der Waals surface area contributed by atoms with Crippen LogP contribution in [-0.2, 0) is 0 Å². The Morgan fingerprint density at radius 2 is 2.57 bits per heavy atom. The van der Waals surface area contributed by atoms with Crippen LogP contribution in [0.3, 0.4) is 0 Å². The quantitative estimate of drug-likeness (QED) is 0.354. The fourth-order valence-electron chi connectivity index (χ4n) is 0.166. The van der Waals surface area contributed by atoms with Gasteiger partial charge >= 0.3 is 0 Å². The van der Waals surface area contributed by atoms with Crippen molar-refractivity contribution in [2.75, 3.05) is 0 Å². The molecule has 0 aliphatic carbocycles. The first kappa shape index (κ1) is 5.90. The average Bonchev–Trinajstić information content (AvgIpc) is 1.68. The average molecular weight is 94.1 g/mol. The van der Waals surface area contributed by atoms with E-state index in [1.54, 1.807) is 6.92 Å². The topological polar surface area (TPSA) is 36.1 Å². The number of nitriles is 1. The highest BCUT2D eigenvalue weighted by Crippen LogP contribution is 1.85. The molecular formula is C5H6N2. The molecule has 0 amide bonds. The fraction of sp³-hybridized carbons (Fsp3) is 0.200. The second kappa shape index (κ2) is 3.10. The predicted molar refractivity (Wildman–Crippen MR) is 28.9 cm³/mol. The number of hydrogen-bond donors (Lipinski definition) is 0. The summed E-state index contributed by atoms with van der Waals surface area (Å²) in [5, 5.41) is 8.06. The molecule has 0 rings (SSSR count). The number of hydrogen-bond acceptors (Lipinski definition) is 2. The van der Waals surface area contributed by atoms with Gasteiger partial charge in [-0.1, -0.05) is 0 Å². The Kier molecular flexibility index (Phi) is 2.62. The zero-order chi connectivity index (χ0) is 5.70. The summed E-state index contributed by atoms with van der Waals surface area (Å²) in [6.07, 6.45) is 1.42. The van der Waals surface area contributed by atoms with Crippen molar-refractivity contribution in [1.29, 1.82) is 5.26 Å². The molecule has 0 saturated heterocycles. The zero-order valence-corrected chi connectivity index (χ0v) is 4.18. The minimum Gasteiger partial charge on any atom is -0.271 e. The maximum absolute atomic E-state index is 8.06. The van der Waals surface area contributed by atoms with Gasteiger partial charge in [-0.3, -0.25) is 4.99 Å². The van der Waals surface area contributed by atoms with Crippen molar-refractivity contribution in [3.63, 3.8) is 0 Å². The Hall–Kier alpha value is -1.10. The molecule has 0 bridgehead atoms. The van der Waals surface area contributed by atoms with Crippen molar-refractivity contribution in [2.45, 2.75) is 6.92 Å². The lowest BCUT2D eigenvalue weighted by Crippen LogP contribution is -1.60. The van der Waals surface area contributed by atoms with Crippen LogP contribution in [0.1, 0.15) is 6.92 Å². The number of aliphatic imine (C=N–C) groups is 1. The Morgan fingerprint density at radius 3 is 2.71 bits per heavy atom. The monoisotopic (exact) mass is 94.1 g/mol. The van der Waals surface area contributed by atoms with E-state index in [0.717, 1.165) is 0 Å². The third-order valence-electron chi connectivity index (χ3n) is 0.461. The van der Waals surface area contributed by atoms with E-state index >= 15 is 0 Å². The summed E-state index contributed by atoms with van der Waals surface area (Å²) in [7, 11) is 0. The minimum atomic E-state index is 0.579. The predicted octanol–water partition coefficient (Wildman–Crippen LogP) is 1.11. The Bertz CT molecular complexity index is 128. The summed E-state index contributed by atoms with van der Waals surface area (Å²) >= 11 is 0. The van der Waals surface area contributed by atoms with E-state index in [2.05, 4.69) is 11.7 Å². The molecule has 2 nitrogen and oxygen atoms in total. The summed E-state index contributed by atoms with van der Waals surface area (Å²) in [5.74, 6) is 0. The van der Waals surface area contributed by atoms with Crippen molar-refractivity contribution >= 4 is 6.72 Å². The molecule has 0 spiro atoms. The van der Waals surface area contributed by atoms with Gasteiger partial charge in [0.1, 0.15) is 0 Å². The summed E-state index contributed by atoms with van der Waals surface area (Å²) in [6.45, 7) is 4.85. The normalized spacial score (nSPS) is 10.0. The second-order valence-electron chi connectivity index (χ2n) is 1.11. The highest BCUT2D eigenvalue weighted by atomic mass is 14.6. The molecule has 0 aliphatic heterocycles. The van der Waals surface area contributed by atoms with Crippen molar-refractivity contribution in [3.8, 4) is 6.07 Å². The Balaban J connectivity index is 3.80. The summed E-state index contributed by atoms with van der Waals surface area (Å²) in [5.41, 5.74) is 0.579. The first-order valence-electron chi connectivity index (χ1n) is 1.84. The number of allylic oxidation sites excluding steroid dienone is 1. The van der Waals surface area contributed by atoms with Gasteiger partial charge in [-0.05, 0) is 13.6 Å². The maximum Gasteiger partial charge on any atom is 0.0960 e. The second-order valence-corrected chi connectivity index (χ2v) is 1.11. The molecule has 36 valence electrons. The van der Waals surface area contributed by atoms with Crippen LogP contribution in [0.2, 0.25) is 0 Å². The van der Waals surface area contributed by atoms with Crippen LogP contribution in [0.5, 0.6) is 0 Å². The molecule has 0 aromatic rings. The van der Waals surface area contributed by atoms with E-state index < -0.39 is 0 Å². The van der Waals surface area contributed by atoms with E-state index in [4.69, 9.17) is 5.26 Å². The highest BCUT2D eigenvalue weighted by Gasteiger charge is 1.74. The van der Waals surface area contributed by atoms with Gasteiger partial charge in [0.2, 0.25) is 0 Å². The SMILES string of the molecule is C=NC=C(C)C#N. The molecular weight excluding hydrogens is 88.1 g/mol. The van der Waals surface area contributed by atoms with E-state index in [9.17, 15) is 0 Å². The molecule has 0 heterocycles. The molecule has 0 atom stereocenters. The zero-order valence-electron chi connectivity index (χ0n) is 4.18. The number of rotatable bonds is 1. The lowest BCUT2D eigenvalue weighted by atomic mass is 10.4. The van der Waals surface area contributed by atoms with Crippen LogP contribution in [-0.4, -0.2) is 6.72 Å². The lowest BCUT2D eigenvalue weighted by Gasteiger charge is -1.72. The first-order valence-corrected chi connectivity index (χ1v) is 1.84. The summed E-state index contributed by atoms with van der Waals surface area (Å²) < 4.78 is 0. The Labute approximate surface area is 42.8 Å². The van der Waals surface area contributed by atoms with Gasteiger partial charge in [-0.2, -0.15) is 5.26 Å². The molecule has 0 aliphatic rings. The molecule has 0 N–H and O–H groups in total. The third kappa shape index (κ3) is 2.71. The van der Waals surface area contributed by atoms with Crippen molar-refractivity contribution in [3.05, 3.63) is 11.8 Å². The van der Waals surface area contributed by atoms with Gasteiger partial charge in [0.05, 0.1) is 6.07 Å². The van der Waals surface area contributed by atoms with E-state index in [1.807, 2.05) is 6.07 Å². The van der Waals surface area contributed by atoms with E-state index in [1.165, 1.54) is 6.20 Å².